The van der Waals surface area contributed by atoms with E-state index in [-0.39, 0.29) is 30.7 Å². The highest BCUT2D eigenvalue weighted by Gasteiger charge is 2.70. The lowest BCUT2D eigenvalue weighted by Crippen LogP contribution is -2.53. The summed E-state index contributed by atoms with van der Waals surface area (Å²) in [6, 6.07) is 19.4. The molecule has 2 saturated heterocycles. The van der Waals surface area contributed by atoms with Crippen molar-refractivity contribution in [3.63, 3.8) is 0 Å². The van der Waals surface area contributed by atoms with Gasteiger partial charge in [0.2, 0.25) is 23.6 Å². The van der Waals surface area contributed by atoms with Crippen LogP contribution in [0.1, 0.15) is 49.2 Å². The van der Waals surface area contributed by atoms with Gasteiger partial charge >= 0.3 is 0 Å². The van der Waals surface area contributed by atoms with E-state index in [4.69, 9.17) is 16.0 Å². The second kappa shape index (κ2) is 10.3. The molecule has 9 heteroatoms. The molecule has 6 atom stereocenters. The number of hydrogen-bond acceptors (Lipinski definition) is 6. The number of carbonyl (C=O) groups excluding carboxylic acids is 4. The van der Waals surface area contributed by atoms with Crippen molar-refractivity contribution in [1.29, 1.82) is 0 Å². The zero-order valence-electron chi connectivity index (χ0n) is 23.6. The lowest BCUT2D eigenvalue weighted by Gasteiger charge is -2.49. The average molecular weight is 599 g/mol. The van der Waals surface area contributed by atoms with E-state index >= 15 is 4.79 Å². The number of imide groups is 2. The van der Waals surface area contributed by atoms with Crippen LogP contribution in [0.25, 0.3) is 0 Å². The van der Waals surface area contributed by atoms with Crippen LogP contribution in [0.3, 0.4) is 0 Å². The third-order valence-corrected chi connectivity index (χ3v) is 10.1. The van der Waals surface area contributed by atoms with Crippen LogP contribution in [0.5, 0.6) is 0 Å². The van der Waals surface area contributed by atoms with Gasteiger partial charge in [0, 0.05) is 11.6 Å². The van der Waals surface area contributed by atoms with Crippen LogP contribution in [0, 0.1) is 23.7 Å². The van der Waals surface area contributed by atoms with Crippen LogP contribution < -0.4 is 4.90 Å². The maximum absolute atomic E-state index is 15.0. The summed E-state index contributed by atoms with van der Waals surface area (Å²) < 4.78 is 6.18. The molecule has 3 aromatic rings. The van der Waals surface area contributed by atoms with Crippen molar-refractivity contribution in [1.82, 2.24) is 4.90 Å². The Labute approximate surface area is 253 Å². The largest absolute Gasteiger partial charge is 0.463 e. The minimum absolute atomic E-state index is 0.168. The zero-order valence-corrected chi connectivity index (χ0v) is 24.4. The van der Waals surface area contributed by atoms with Crippen molar-refractivity contribution < 1.29 is 28.7 Å². The Kier molecular flexibility index (Phi) is 6.67. The number of amides is 4. The molecule has 0 radical (unpaired) electrons. The Morgan fingerprint density at radius 2 is 1.74 bits per heavy atom. The minimum Gasteiger partial charge on any atom is -0.463 e. The number of rotatable bonds is 6. The first-order valence-corrected chi connectivity index (χ1v) is 15.1. The molecular formula is C34H31ClN2O6. The lowest BCUT2D eigenvalue weighted by molar-refractivity contribution is -0.140. The molecule has 4 aliphatic rings. The number of hydrogen-bond donors (Lipinski definition) is 1. The number of aliphatic hydroxyl groups excluding tert-OH is 1. The Morgan fingerprint density at radius 1 is 0.953 bits per heavy atom. The van der Waals surface area contributed by atoms with Gasteiger partial charge < -0.3 is 9.52 Å². The second-order valence-electron chi connectivity index (χ2n) is 11.9. The molecule has 3 heterocycles. The van der Waals surface area contributed by atoms with Crippen molar-refractivity contribution in [2.75, 3.05) is 11.4 Å². The standard InChI is InChI=1S/C34H31ClN2O6/c1-2-15-36-30(39)24-13-12-23-25(28(24)32(36)41)17-26-31(40)37(21-10-6-9-20(35)16-21)33(42)34(26,19-7-4-3-5-8-19)29(23)27-14-11-22(18-38)43-27/h3-12,14,16,24-26,28-29,38H,2,13,15,17-18H2,1H3. The summed E-state index contributed by atoms with van der Waals surface area (Å²) in [7, 11) is 0. The van der Waals surface area contributed by atoms with Gasteiger partial charge in [0.1, 0.15) is 23.5 Å². The van der Waals surface area contributed by atoms with Gasteiger partial charge in [-0.15, -0.1) is 0 Å². The topological polar surface area (TPSA) is 108 Å². The summed E-state index contributed by atoms with van der Waals surface area (Å²) in [6.45, 7) is 1.95. The van der Waals surface area contributed by atoms with Crippen molar-refractivity contribution in [2.45, 2.75) is 44.1 Å². The van der Waals surface area contributed by atoms with Crippen LogP contribution in [-0.2, 0) is 31.2 Å². The van der Waals surface area contributed by atoms with Crippen molar-refractivity contribution in [2.24, 2.45) is 23.7 Å². The van der Waals surface area contributed by atoms with E-state index in [1.807, 2.05) is 43.3 Å². The molecular weight excluding hydrogens is 568 g/mol. The molecule has 6 unspecified atom stereocenters. The molecule has 43 heavy (non-hydrogen) atoms. The fourth-order valence-corrected chi connectivity index (χ4v) is 8.38. The molecule has 0 bridgehead atoms. The summed E-state index contributed by atoms with van der Waals surface area (Å²) in [5.74, 6) is -3.55. The Bertz CT molecular complexity index is 1680. The van der Waals surface area contributed by atoms with Crippen molar-refractivity contribution >= 4 is 40.9 Å². The van der Waals surface area contributed by atoms with Crippen LogP contribution >= 0.6 is 11.6 Å². The second-order valence-corrected chi connectivity index (χ2v) is 12.3. The number of halogens is 1. The van der Waals surface area contributed by atoms with Gasteiger partial charge in [0.25, 0.3) is 0 Å². The molecule has 2 aliphatic carbocycles. The fourth-order valence-electron chi connectivity index (χ4n) is 8.20. The molecule has 4 amide bonds. The van der Waals surface area contributed by atoms with Crippen LogP contribution in [0.2, 0.25) is 5.02 Å². The molecule has 1 N–H and O–H groups in total. The normalized spacial score (nSPS) is 29.9. The first-order valence-electron chi connectivity index (χ1n) is 14.8. The Balaban J connectivity index is 1.47. The number of fused-ring (bicyclic) bond motifs is 4. The van der Waals surface area contributed by atoms with E-state index in [0.29, 0.717) is 47.2 Å². The quantitative estimate of drug-likeness (QED) is 0.316. The molecule has 3 fully saturated rings. The average Bonchev–Trinajstić information content (AvgIpc) is 3.65. The summed E-state index contributed by atoms with van der Waals surface area (Å²) >= 11 is 6.32. The van der Waals surface area contributed by atoms with Gasteiger partial charge in [0.15, 0.2) is 0 Å². The van der Waals surface area contributed by atoms with E-state index < -0.39 is 40.9 Å². The molecule has 220 valence electrons. The minimum atomic E-state index is -1.39. The van der Waals surface area contributed by atoms with Gasteiger partial charge in [-0.25, -0.2) is 4.90 Å². The summed E-state index contributed by atoms with van der Waals surface area (Å²) in [6.07, 6.45) is 3.24. The number of nitrogens with zero attached hydrogens (tertiary/aromatic N) is 2. The molecule has 1 saturated carbocycles. The maximum Gasteiger partial charge on any atom is 0.246 e. The smallest absolute Gasteiger partial charge is 0.246 e. The number of anilines is 1. The van der Waals surface area contributed by atoms with Crippen molar-refractivity contribution in [3.05, 3.63) is 100 Å². The third-order valence-electron chi connectivity index (χ3n) is 9.83. The highest BCUT2D eigenvalue weighted by molar-refractivity contribution is 6.32. The predicted molar refractivity (Wildman–Crippen MR) is 158 cm³/mol. The van der Waals surface area contributed by atoms with Crippen LogP contribution in [0.4, 0.5) is 5.69 Å². The van der Waals surface area contributed by atoms with E-state index in [0.717, 1.165) is 5.57 Å². The van der Waals surface area contributed by atoms with Gasteiger partial charge in [0.05, 0.1) is 29.4 Å². The Hall–Kier alpha value is -4.01. The number of benzene rings is 2. The van der Waals surface area contributed by atoms with Crippen molar-refractivity contribution in [3.8, 4) is 0 Å². The molecule has 7 rings (SSSR count). The summed E-state index contributed by atoms with van der Waals surface area (Å²) in [5.41, 5.74) is 0.471. The monoisotopic (exact) mass is 598 g/mol. The molecule has 0 spiro atoms. The maximum atomic E-state index is 15.0. The first kappa shape index (κ1) is 27.8. The summed E-state index contributed by atoms with van der Waals surface area (Å²) in [4.78, 5) is 59.4. The number of aliphatic hydroxyl groups is 1. The highest BCUT2D eigenvalue weighted by Crippen LogP contribution is 2.64. The van der Waals surface area contributed by atoms with E-state index in [2.05, 4.69) is 0 Å². The molecule has 1 aromatic heterocycles. The number of likely N-dealkylation sites (tertiary alicyclic amines) is 1. The zero-order chi connectivity index (χ0) is 30.0. The third kappa shape index (κ3) is 3.85. The van der Waals surface area contributed by atoms with Crippen LogP contribution in [-0.4, -0.2) is 40.2 Å². The van der Waals surface area contributed by atoms with Gasteiger partial charge in [-0.2, -0.15) is 0 Å². The molecule has 2 aromatic carbocycles. The first-order chi connectivity index (χ1) is 20.8. The molecule has 8 nitrogen and oxygen atoms in total. The van der Waals surface area contributed by atoms with E-state index in [1.54, 1.807) is 36.4 Å². The van der Waals surface area contributed by atoms with Crippen LogP contribution in [0.15, 0.2) is 82.8 Å². The highest BCUT2D eigenvalue weighted by atomic mass is 35.5. The van der Waals surface area contributed by atoms with E-state index in [9.17, 15) is 19.5 Å². The Morgan fingerprint density at radius 3 is 2.44 bits per heavy atom. The predicted octanol–water partition coefficient (Wildman–Crippen LogP) is 5.00. The summed E-state index contributed by atoms with van der Waals surface area (Å²) in [5, 5.41) is 10.3. The number of furan rings is 1. The van der Waals surface area contributed by atoms with Gasteiger partial charge in [-0.05, 0) is 61.1 Å². The lowest BCUT2D eigenvalue weighted by atomic mass is 9.50. The van der Waals surface area contributed by atoms with Gasteiger partial charge in [-0.1, -0.05) is 66.6 Å². The number of carbonyl (C=O) groups is 4. The SMILES string of the molecule is CCCN1C(=O)C2CC=C3C(CC4C(=O)N(c5cccc(Cl)c5)C(=O)C4(c4ccccc4)C3c3ccc(CO)o3)C2C1=O. The molecule has 2 aliphatic heterocycles. The van der Waals surface area contributed by atoms with E-state index in [1.165, 1.54) is 9.80 Å². The fraction of sp³-hybridized carbons (Fsp3) is 0.353. The van der Waals surface area contributed by atoms with Gasteiger partial charge in [-0.3, -0.25) is 24.1 Å². The number of allylic oxidation sites excluding steroid dienone is 2.